The van der Waals surface area contributed by atoms with Crippen LogP contribution in [0.5, 0.6) is 5.75 Å². The Labute approximate surface area is 138 Å². The lowest BCUT2D eigenvalue weighted by molar-refractivity contribution is -0.120. The van der Waals surface area contributed by atoms with Crippen molar-refractivity contribution in [3.63, 3.8) is 0 Å². The third kappa shape index (κ3) is 6.64. The Morgan fingerprint density at radius 3 is 2.59 bits per heavy atom. The largest absolute Gasteiger partial charge is 0.494 e. The molecule has 0 saturated carbocycles. The molecular formula is C16H26ClN3O2. The molecule has 0 aromatic heterocycles. The van der Waals surface area contributed by atoms with Gasteiger partial charge in [0.05, 0.1) is 13.0 Å². The zero-order chi connectivity index (χ0) is 14.9. The maximum atomic E-state index is 11.9. The van der Waals surface area contributed by atoms with Crippen LogP contribution in [0.4, 0.5) is 0 Å². The second-order valence-corrected chi connectivity index (χ2v) is 5.20. The predicted molar refractivity (Wildman–Crippen MR) is 90.9 cm³/mol. The van der Waals surface area contributed by atoms with E-state index in [1.54, 1.807) is 0 Å². The first kappa shape index (κ1) is 18.7. The summed E-state index contributed by atoms with van der Waals surface area (Å²) in [5, 5.41) is 6.31. The van der Waals surface area contributed by atoms with E-state index >= 15 is 0 Å². The van der Waals surface area contributed by atoms with Crippen molar-refractivity contribution >= 4 is 18.3 Å². The van der Waals surface area contributed by atoms with Crippen LogP contribution in [0, 0.1) is 0 Å². The number of carbonyl (C=O) groups is 1. The molecule has 0 aliphatic carbocycles. The van der Waals surface area contributed by atoms with E-state index < -0.39 is 0 Å². The summed E-state index contributed by atoms with van der Waals surface area (Å²) >= 11 is 0. The number of halogens is 1. The molecule has 0 spiro atoms. The Morgan fingerprint density at radius 2 is 1.95 bits per heavy atom. The van der Waals surface area contributed by atoms with Crippen molar-refractivity contribution in [3.05, 3.63) is 29.8 Å². The molecule has 1 aliphatic heterocycles. The monoisotopic (exact) mass is 327 g/mol. The maximum absolute atomic E-state index is 11.9. The fourth-order valence-electron chi connectivity index (χ4n) is 2.41. The fraction of sp³-hybridized carbons (Fsp3) is 0.562. The van der Waals surface area contributed by atoms with E-state index in [0.717, 1.165) is 50.6 Å². The SMILES string of the molecule is CCOc1ccc(CC(=O)NCCN2CCNCC2)cc1.Cl. The van der Waals surface area contributed by atoms with Gasteiger partial charge in [0.25, 0.3) is 0 Å². The minimum atomic E-state index is 0. The summed E-state index contributed by atoms with van der Waals surface area (Å²) in [5.74, 6) is 0.926. The van der Waals surface area contributed by atoms with E-state index in [-0.39, 0.29) is 18.3 Å². The van der Waals surface area contributed by atoms with Crippen molar-refractivity contribution in [3.8, 4) is 5.75 Å². The number of hydrogen-bond acceptors (Lipinski definition) is 4. The molecule has 1 heterocycles. The summed E-state index contributed by atoms with van der Waals surface area (Å²) in [6.07, 6.45) is 0.425. The van der Waals surface area contributed by atoms with Gasteiger partial charge in [-0.1, -0.05) is 12.1 Å². The lowest BCUT2D eigenvalue weighted by Crippen LogP contribution is -2.46. The highest BCUT2D eigenvalue weighted by atomic mass is 35.5. The smallest absolute Gasteiger partial charge is 0.224 e. The molecule has 0 atom stereocenters. The molecule has 1 aliphatic rings. The number of benzene rings is 1. The minimum Gasteiger partial charge on any atom is -0.494 e. The lowest BCUT2D eigenvalue weighted by Gasteiger charge is -2.27. The van der Waals surface area contributed by atoms with Gasteiger partial charge in [0.2, 0.25) is 5.91 Å². The molecule has 22 heavy (non-hydrogen) atoms. The third-order valence-corrected chi connectivity index (χ3v) is 3.56. The predicted octanol–water partition coefficient (Wildman–Crippen LogP) is 1.07. The number of nitrogens with one attached hydrogen (secondary N) is 2. The molecule has 0 radical (unpaired) electrons. The summed E-state index contributed by atoms with van der Waals surface area (Å²) in [6.45, 7) is 8.47. The fourth-order valence-corrected chi connectivity index (χ4v) is 2.41. The van der Waals surface area contributed by atoms with E-state index in [1.807, 2.05) is 31.2 Å². The van der Waals surface area contributed by atoms with Crippen LogP contribution < -0.4 is 15.4 Å². The Morgan fingerprint density at radius 1 is 1.27 bits per heavy atom. The Bertz CT molecular complexity index is 434. The molecule has 2 rings (SSSR count). The van der Waals surface area contributed by atoms with Gasteiger partial charge in [-0.15, -0.1) is 12.4 Å². The summed E-state index contributed by atoms with van der Waals surface area (Å²) in [4.78, 5) is 14.3. The molecule has 1 aromatic carbocycles. The van der Waals surface area contributed by atoms with Gasteiger partial charge >= 0.3 is 0 Å². The van der Waals surface area contributed by atoms with Gasteiger partial charge in [0, 0.05) is 39.3 Å². The van der Waals surface area contributed by atoms with E-state index in [0.29, 0.717) is 13.0 Å². The van der Waals surface area contributed by atoms with Crippen LogP contribution in [-0.4, -0.2) is 56.7 Å². The van der Waals surface area contributed by atoms with Gasteiger partial charge in [0.15, 0.2) is 0 Å². The summed E-state index contributed by atoms with van der Waals surface area (Å²) in [7, 11) is 0. The number of amides is 1. The molecule has 2 N–H and O–H groups in total. The van der Waals surface area contributed by atoms with Gasteiger partial charge in [-0.2, -0.15) is 0 Å². The van der Waals surface area contributed by atoms with Crippen molar-refractivity contribution in [2.75, 3.05) is 45.9 Å². The van der Waals surface area contributed by atoms with E-state index in [9.17, 15) is 4.79 Å². The number of carbonyl (C=O) groups excluding carboxylic acids is 1. The van der Waals surface area contributed by atoms with Gasteiger partial charge in [0.1, 0.15) is 5.75 Å². The number of nitrogens with zero attached hydrogens (tertiary/aromatic N) is 1. The van der Waals surface area contributed by atoms with E-state index in [4.69, 9.17) is 4.74 Å². The molecule has 1 fully saturated rings. The van der Waals surface area contributed by atoms with Crippen LogP contribution in [0.2, 0.25) is 0 Å². The molecule has 0 unspecified atom stereocenters. The first-order chi connectivity index (χ1) is 10.3. The van der Waals surface area contributed by atoms with Crippen molar-refractivity contribution in [2.24, 2.45) is 0 Å². The first-order valence-corrected chi connectivity index (χ1v) is 7.69. The molecule has 5 nitrogen and oxygen atoms in total. The van der Waals surface area contributed by atoms with Crippen LogP contribution in [0.25, 0.3) is 0 Å². The highest BCUT2D eigenvalue weighted by Gasteiger charge is 2.09. The molecule has 1 saturated heterocycles. The van der Waals surface area contributed by atoms with Gasteiger partial charge < -0.3 is 15.4 Å². The lowest BCUT2D eigenvalue weighted by atomic mass is 10.1. The van der Waals surface area contributed by atoms with Gasteiger partial charge in [-0.25, -0.2) is 0 Å². The van der Waals surface area contributed by atoms with Crippen molar-refractivity contribution in [1.82, 2.24) is 15.5 Å². The van der Waals surface area contributed by atoms with Crippen molar-refractivity contribution < 1.29 is 9.53 Å². The molecule has 6 heteroatoms. The van der Waals surface area contributed by atoms with Crippen LogP contribution in [0.3, 0.4) is 0 Å². The molecule has 1 aromatic rings. The zero-order valence-corrected chi connectivity index (χ0v) is 14.0. The second kappa shape index (κ2) is 10.4. The topological polar surface area (TPSA) is 53.6 Å². The number of hydrogen-bond donors (Lipinski definition) is 2. The average Bonchev–Trinajstić information content (AvgIpc) is 2.51. The molecular weight excluding hydrogens is 302 g/mol. The van der Waals surface area contributed by atoms with Crippen molar-refractivity contribution in [2.45, 2.75) is 13.3 Å². The quantitative estimate of drug-likeness (QED) is 0.786. The Kier molecular flexibility index (Phi) is 8.89. The first-order valence-electron chi connectivity index (χ1n) is 7.69. The highest BCUT2D eigenvalue weighted by Crippen LogP contribution is 2.12. The van der Waals surface area contributed by atoms with Crippen LogP contribution in [0.1, 0.15) is 12.5 Å². The molecule has 0 bridgehead atoms. The molecule has 124 valence electrons. The summed E-state index contributed by atoms with van der Waals surface area (Å²) in [5.41, 5.74) is 1.01. The third-order valence-electron chi connectivity index (χ3n) is 3.56. The summed E-state index contributed by atoms with van der Waals surface area (Å²) in [6, 6.07) is 7.71. The van der Waals surface area contributed by atoms with Gasteiger partial charge in [-0.3, -0.25) is 9.69 Å². The van der Waals surface area contributed by atoms with Crippen LogP contribution in [-0.2, 0) is 11.2 Å². The standard InChI is InChI=1S/C16H25N3O2.ClH/c1-2-21-15-5-3-14(4-6-15)13-16(20)18-9-12-19-10-7-17-8-11-19;/h3-6,17H,2,7-13H2,1H3,(H,18,20);1H. The minimum absolute atomic E-state index is 0. The van der Waals surface area contributed by atoms with Crippen LogP contribution in [0.15, 0.2) is 24.3 Å². The Hall–Kier alpha value is -1.30. The maximum Gasteiger partial charge on any atom is 0.224 e. The van der Waals surface area contributed by atoms with E-state index in [1.165, 1.54) is 0 Å². The van der Waals surface area contributed by atoms with Crippen molar-refractivity contribution in [1.29, 1.82) is 0 Å². The number of rotatable bonds is 7. The normalized spacial score (nSPS) is 15.0. The second-order valence-electron chi connectivity index (χ2n) is 5.20. The Balaban J connectivity index is 0.00000242. The number of ether oxygens (including phenoxy) is 1. The number of piperazine rings is 1. The van der Waals surface area contributed by atoms with Crippen LogP contribution >= 0.6 is 12.4 Å². The highest BCUT2D eigenvalue weighted by molar-refractivity contribution is 5.85. The van der Waals surface area contributed by atoms with Gasteiger partial charge in [-0.05, 0) is 24.6 Å². The molecule has 1 amide bonds. The average molecular weight is 328 g/mol. The zero-order valence-electron chi connectivity index (χ0n) is 13.1. The van der Waals surface area contributed by atoms with E-state index in [2.05, 4.69) is 15.5 Å². The summed E-state index contributed by atoms with van der Waals surface area (Å²) < 4.78 is 5.39.